The first kappa shape index (κ1) is 90.6. The molecule has 2 fully saturated rings. The van der Waals surface area contributed by atoms with Crippen molar-refractivity contribution in [2.24, 2.45) is 45.9 Å². The highest BCUT2D eigenvalue weighted by Gasteiger charge is 2.45. The van der Waals surface area contributed by atoms with E-state index in [1.54, 1.807) is 62.3 Å². The Morgan fingerprint density at radius 3 is 1.78 bits per heavy atom. The van der Waals surface area contributed by atoms with E-state index in [0.29, 0.717) is 12.8 Å². The number of carbonyl (C=O) groups is 14. The average molecular weight is 1490 g/mol. The Hall–Kier alpha value is -9.50. The molecule has 12 amide bonds. The van der Waals surface area contributed by atoms with Gasteiger partial charge in [0.1, 0.15) is 60.0 Å². The third kappa shape index (κ3) is 30.1. The number of guanidine groups is 1. The maximum atomic E-state index is 15.6. The van der Waals surface area contributed by atoms with E-state index < -0.39 is 211 Å². The number of nitrogens with zero attached hydrogens (tertiary/aromatic N) is 2. The van der Waals surface area contributed by atoms with Crippen molar-refractivity contribution in [3.8, 4) is 0 Å². The number of aliphatic hydroxyl groups is 4. The zero-order valence-corrected chi connectivity index (χ0v) is 60.3. The topological polar surface area (TPSA) is 573 Å². The zero-order chi connectivity index (χ0) is 79.4. The number of halogens is 3. The van der Waals surface area contributed by atoms with E-state index in [1.807, 2.05) is 10.6 Å². The number of esters is 1. The summed E-state index contributed by atoms with van der Waals surface area (Å²) < 4.78 is 43.3. The van der Waals surface area contributed by atoms with E-state index in [2.05, 4.69) is 47.5 Å². The molecule has 0 aliphatic carbocycles. The second kappa shape index (κ2) is 42.3. The van der Waals surface area contributed by atoms with Gasteiger partial charge in [-0.3, -0.25) is 62.6 Å². The third-order valence-corrected chi connectivity index (χ3v) is 16.1. The summed E-state index contributed by atoms with van der Waals surface area (Å²) in [6, 6.07) is -11.1. The summed E-state index contributed by atoms with van der Waals surface area (Å²) in [5.74, 6) is -20.3. The molecular formula is C65H104F3N15O21. The summed E-state index contributed by atoms with van der Waals surface area (Å²) in [4.78, 5) is 200. The summed E-state index contributed by atoms with van der Waals surface area (Å²) >= 11 is 0. The Morgan fingerprint density at radius 1 is 0.712 bits per heavy atom. The molecule has 36 nitrogen and oxygen atoms in total. The molecule has 0 saturated carbocycles. The number of hydrogen-bond acceptors (Lipinski definition) is 21. The van der Waals surface area contributed by atoms with Gasteiger partial charge in [0.25, 0.3) is 0 Å². The summed E-state index contributed by atoms with van der Waals surface area (Å²) in [6.45, 7) is 16.7. The lowest BCUT2D eigenvalue weighted by molar-refractivity contribution is -0.192. The van der Waals surface area contributed by atoms with Crippen molar-refractivity contribution >= 4 is 89.0 Å². The van der Waals surface area contributed by atoms with Crippen molar-refractivity contribution in [1.82, 2.24) is 58.1 Å². The monoisotopic (exact) mass is 1490 g/mol. The molecule has 21 N–H and O–H groups in total. The van der Waals surface area contributed by atoms with Gasteiger partial charge in [-0.1, -0.05) is 92.1 Å². The number of carbonyl (C=O) groups excluding carboxylic acids is 13. The number of alkyl halides is 3. The maximum absolute atomic E-state index is 15.6. The van der Waals surface area contributed by atoms with E-state index in [1.165, 1.54) is 49.1 Å². The number of rotatable bonds is 21. The van der Waals surface area contributed by atoms with Crippen LogP contribution in [0.15, 0.2) is 35.3 Å². The van der Waals surface area contributed by atoms with Gasteiger partial charge in [-0.05, 0) is 102 Å². The van der Waals surface area contributed by atoms with Crippen LogP contribution >= 0.6 is 0 Å². The molecule has 2 aliphatic rings. The van der Waals surface area contributed by atoms with Crippen molar-refractivity contribution in [2.45, 2.75) is 231 Å². The number of nitrogens with two attached hydrogens (primary N) is 3. The highest BCUT2D eigenvalue weighted by atomic mass is 19.4. The molecule has 39 heteroatoms. The molecule has 586 valence electrons. The number of aliphatic carboxylic acids is 1. The number of benzene rings is 1. The average Bonchev–Trinajstić information content (AvgIpc) is 0.815. The number of nitrogens with one attached hydrogen (secondary N) is 10. The van der Waals surface area contributed by atoms with Crippen LogP contribution in [0.25, 0.3) is 0 Å². The minimum Gasteiger partial charge on any atom is -0.475 e. The Kier molecular flexibility index (Phi) is 36.9. The van der Waals surface area contributed by atoms with Gasteiger partial charge in [-0.25, -0.2) is 14.4 Å². The van der Waals surface area contributed by atoms with Crippen LogP contribution in [0.1, 0.15) is 146 Å². The molecule has 1 aromatic rings. The van der Waals surface area contributed by atoms with Crippen LogP contribution in [-0.4, -0.2) is 236 Å². The Morgan fingerprint density at radius 2 is 1.26 bits per heavy atom. The predicted octanol–water partition coefficient (Wildman–Crippen LogP) is -3.39. The van der Waals surface area contributed by atoms with Crippen LogP contribution in [0.2, 0.25) is 0 Å². The van der Waals surface area contributed by atoms with Gasteiger partial charge < -0.3 is 105 Å². The molecule has 2 saturated heterocycles. The van der Waals surface area contributed by atoms with E-state index in [0.717, 1.165) is 6.92 Å². The van der Waals surface area contributed by atoms with Crippen molar-refractivity contribution in [3.63, 3.8) is 0 Å². The fraction of sp³-hybridized carbons (Fsp3) is 0.677. The van der Waals surface area contributed by atoms with Crippen LogP contribution in [0.3, 0.4) is 0 Å². The molecule has 2 heterocycles. The smallest absolute Gasteiger partial charge is 0.475 e. The summed E-state index contributed by atoms with van der Waals surface area (Å²) in [5.41, 5.74) is 15.4. The minimum atomic E-state index is -5.08. The molecule has 3 rings (SSSR count). The lowest BCUT2D eigenvalue weighted by atomic mass is 9.95. The van der Waals surface area contributed by atoms with Crippen molar-refractivity contribution in [1.29, 1.82) is 0 Å². The number of carboxylic acid groups (broad SMARTS) is 1. The van der Waals surface area contributed by atoms with Gasteiger partial charge in [0, 0.05) is 13.1 Å². The van der Waals surface area contributed by atoms with E-state index in [4.69, 9.17) is 36.6 Å². The van der Waals surface area contributed by atoms with Gasteiger partial charge in [0.05, 0.1) is 25.4 Å². The van der Waals surface area contributed by atoms with Crippen LogP contribution in [0, 0.1) is 23.7 Å². The number of carboxylic acids is 1. The van der Waals surface area contributed by atoms with Crippen molar-refractivity contribution < 1.29 is 115 Å². The Balaban J connectivity index is 0.00000497. The number of likely N-dealkylation sites (tertiary alicyclic amines) is 1. The van der Waals surface area contributed by atoms with Crippen LogP contribution in [0.5, 0.6) is 0 Å². The lowest BCUT2D eigenvalue weighted by Crippen LogP contribution is -2.64. The van der Waals surface area contributed by atoms with E-state index in [9.17, 15) is 81.5 Å². The maximum Gasteiger partial charge on any atom is 0.490 e. The van der Waals surface area contributed by atoms with Crippen LogP contribution in [-0.2, 0) is 71.8 Å². The van der Waals surface area contributed by atoms with Gasteiger partial charge in [-0.15, -0.1) is 0 Å². The van der Waals surface area contributed by atoms with E-state index in [-0.39, 0.29) is 69.1 Å². The van der Waals surface area contributed by atoms with Gasteiger partial charge >= 0.3 is 24.2 Å². The highest BCUT2D eigenvalue weighted by Crippen LogP contribution is 2.26. The lowest BCUT2D eigenvalue weighted by Gasteiger charge is -2.37. The Labute approximate surface area is 599 Å². The molecule has 2 unspecified atom stereocenters. The number of cyclic esters (lactones) is 1. The first-order valence-corrected chi connectivity index (χ1v) is 33.8. The first-order chi connectivity index (χ1) is 48.3. The van der Waals surface area contributed by atoms with Gasteiger partial charge in [0.15, 0.2) is 24.2 Å². The van der Waals surface area contributed by atoms with Crippen molar-refractivity contribution in [3.05, 3.63) is 35.9 Å². The van der Waals surface area contributed by atoms with Gasteiger partial charge in [0.2, 0.25) is 65.0 Å². The number of amides is 12. The highest BCUT2D eigenvalue weighted by molar-refractivity contribution is 6.00. The van der Waals surface area contributed by atoms with E-state index >= 15 is 14.4 Å². The fourth-order valence-corrected chi connectivity index (χ4v) is 10.4. The number of ether oxygens (including phenoxy) is 2. The molecule has 0 bridgehead atoms. The second-order valence-electron chi connectivity index (χ2n) is 27.3. The van der Waals surface area contributed by atoms with Crippen molar-refractivity contribution in [2.75, 3.05) is 26.2 Å². The third-order valence-electron chi connectivity index (χ3n) is 16.1. The minimum absolute atomic E-state index is 0.0343. The normalized spacial score (nSPS) is 24.3. The second-order valence-corrected chi connectivity index (χ2v) is 27.3. The number of hydrogen-bond donors (Lipinski definition) is 18. The Bertz CT molecular complexity index is 3150. The summed E-state index contributed by atoms with van der Waals surface area (Å²) in [6.07, 6.45) is -13.2. The summed E-state index contributed by atoms with van der Waals surface area (Å²) in [5, 5.41) is 75.6. The number of aliphatic imine (C=N–C) groups is 1. The number of primary amides is 1. The molecule has 0 spiro atoms. The fourth-order valence-electron chi connectivity index (χ4n) is 10.4. The molecule has 15 atom stereocenters. The molecule has 1 aromatic carbocycles. The molecular weight excluding hydrogens is 1380 g/mol. The molecule has 0 aromatic heterocycles. The quantitative estimate of drug-likeness (QED) is 0.0247. The van der Waals surface area contributed by atoms with Crippen LogP contribution in [0.4, 0.5) is 18.0 Å². The first-order valence-electron chi connectivity index (χ1n) is 33.8. The molecule has 2 aliphatic heterocycles. The SMILES string of the molecule is CC[C@H](C)C1NC(=O)[C@@H](CCCN=C(N)N)NC(=O)[C@H](CC(C)C)NC(=O)[C@H]([C@H](O)C(C)C)NC(=O)[C@@H](NC(=O)[C@H](CC(C)C)NC(=O)[C@H]2CCCCN2C(=O)OC(C)(C)C)[C@@H](c2ccccc2)OC(=O)[C@H](CO)NC(=O)[C@H]([C@H](O)C(N)=O)NC(=O)CNC(=O)C([C@H](C)O)NC1=O.O=C(O)C(F)(F)F. The zero-order valence-electron chi connectivity index (χ0n) is 60.3. The molecule has 0 radical (unpaired) electrons. The van der Waals surface area contributed by atoms with Gasteiger partial charge in [-0.2, -0.15) is 13.2 Å². The molecule has 104 heavy (non-hydrogen) atoms. The van der Waals surface area contributed by atoms with Crippen LogP contribution < -0.4 is 70.4 Å². The standard InChI is InChI=1S/C63H103N15O19.C2HF3O2/c1-13-33(8)42-56(90)75-43(34(9)80)55(89)68-28-41(81)73-45(48(83)50(64)84)58(92)72-39(29-79)60(94)96-49(35-20-15-14-16-21-35)46(77-53(87)38(27-31(4)5)70-54(88)40-23-17-18-25-78(40)62(95)97-63(10,11)12)59(93)76-44(47(82)32(6)7)57(91)71-37(26-30(2)3)52(86)69-36(51(85)74-42)22-19-24-67-61(65)66;3-2(4,5)1(6)7/h14-16,20-21,30-34,36-40,42-49,79-80,82-83H,13,17-19,22-29H2,1-12H3,(H2,64,84)(H,68,89)(H,69,86)(H,70,88)(H,71,91)(H,72,92)(H,73,81)(H,74,85)(H,75,90)(H,76,93)(H,77,87)(H4,65,66,67);(H,6,7)/t33-,34-,36+,37-,38-,39-,40+,42?,43?,44-,45-,46-,47+,48-,49+;/m0./s1. The predicted molar refractivity (Wildman–Crippen MR) is 363 cm³/mol. The number of aliphatic hydroxyl groups excluding tert-OH is 4. The summed E-state index contributed by atoms with van der Waals surface area (Å²) in [7, 11) is 0. The number of piperidine rings is 1. The largest absolute Gasteiger partial charge is 0.490 e.